The Balaban J connectivity index is 0.000000181. The van der Waals surface area contributed by atoms with Gasteiger partial charge in [-0.25, -0.2) is 0 Å². The number of piperazine rings is 1. The van der Waals surface area contributed by atoms with Crippen LogP contribution in [-0.4, -0.2) is 26.2 Å². The maximum Gasteiger partial charge on any atom is 0.0367 e. The highest BCUT2D eigenvalue weighted by Crippen LogP contribution is 2.12. The molecule has 90 valence electrons. The van der Waals surface area contributed by atoms with Crippen LogP contribution < -0.4 is 10.2 Å². The molecule has 0 aliphatic carbocycles. The molecule has 1 aromatic heterocycles. The molecule has 2 aromatic rings. The van der Waals surface area contributed by atoms with Crippen LogP contribution in [0.2, 0.25) is 0 Å². The Morgan fingerprint density at radius 3 is 2.06 bits per heavy atom. The lowest BCUT2D eigenvalue weighted by Gasteiger charge is -2.29. The number of hydrogen-bond donors (Lipinski definition) is 1. The average molecular weight is 246 g/mol. The van der Waals surface area contributed by atoms with Crippen LogP contribution in [0, 0.1) is 0 Å². The smallest absolute Gasteiger partial charge is 0.0367 e. The maximum absolute atomic E-state index is 3.34. The van der Waals surface area contributed by atoms with E-state index in [1.807, 2.05) is 22.9 Å². The van der Waals surface area contributed by atoms with E-state index in [0.29, 0.717) is 0 Å². The molecule has 1 aliphatic heterocycles. The number of nitrogens with zero attached hydrogens (tertiary/aromatic N) is 1. The quantitative estimate of drug-likeness (QED) is 0.832. The maximum atomic E-state index is 3.34. The minimum Gasteiger partial charge on any atom is -0.369 e. The fourth-order valence-electron chi connectivity index (χ4n) is 1.79. The predicted octanol–water partition coefficient (Wildman–Crippen LogP) is 2.84. The first-order chi connectivity index (χ1) is 8.47. The van der Waals surface area contributed by atoms with E-state index in [2.05, 4.69) is 40.5 Å². The molecule has 2 nitrogen and oxygen atoms in total. The number of thiophene rings is 1. The van der Waals surface area contributed by atoms with Gasteiger partial charge in [-0.3, -0.25) is 0 Å². The van der Waals surface area contributed by atoms with Crippen molar-refractivity contribution < 1.29 is 0 Å². The van der Waals surface area contributed by atoms with Crippen LogP contribution in [-0.2, 0) is 0 Å². The van der Waals surface area contributed by atoms with Crippen LogP contribution in [0.1, 0.15) is 0 Å². The third-order valence-electron chi connectivity index (χ3n) is 2.66. The summed E-state index contributed by atoms with van der Waals surface area (Å²) in [5, 5.41) is 7.43. The monoisotopic (exact) mass is 246 g/mol. The average Bonchev–Trinajstić information content (AvgIpc) is 3.00. The van der Waals surface area contributed by atoms with Gasteiger partial charge in [0, 0.05) is 31.9 Å². The highest BCUT2D eigenvalue weighted by molar-refractivity contribution is 7.07. The molecule has 1 aliphatic rings. The second-order valence-electron chi connectivity index (χ2n) is 3.87. The number of rotatable bonds is 1. The highest BCUT2D eigenvalue weighted by atomic mass is 32.1. The lowest BCUT2D eigenvalue weighted by molar-refractivity contribution is 0.589. The summed E-state index contributed by atoms with van der Waals surface area (Å²) >= 11 is 1.71. The largest absolute Gasteiger partial charge is 0.369 e. The zero-order valence-electron chi connectivity index (χ0n) is 9.88. The fourth-order valence-corrected chi connectivity index (χ4v) is 2.24. The summed E-state index contributed by atoms with van der Waals surface area (Å²) in [4.78, 5) is 2.41. The summed E-state index contributed by atoms with van der Waals surface area (Å²) < 4.78 is 0. The van der Waals surface area contributed by atoms with Gasteiger partial charge >= 0.3 is 0 Å². The summed E-state index contributed by atoms with van der Waals surface area (Å²) in [7, 11) is 0. The van der Waals surface area contributed by atoms with Gasteiger partial charge in [-0.15, -0.1) is 0 Å². The minimum atomic E-state index is 1.11. The summed E-state index contributed by atoms with van der Waals surface area (Å²) in [6.07, 6.45) is 0. The lowest BCUT2D eigenvalue weighted by Crippen LogP contribution is -2.43. The normalized spacial score (nSPS) is 14.9. The molecule has 1 N–H and O–H groups in total. The molecular formula is C14H18N2S. The van der Waals surface area contributed by atoms with E-state index in [-0.39, 0.29) is 0 Å². The van der Waals surface area contributed by atoms with Gasteiger partial charge in [0.25, 0.3) is 0 Å². The third kappa shape index (κ3) is 4.21. The SMILES string of the molecule is c1ccc(N2CCNCC2)cc1.c1ccsc1. The van der Waals surface area contributed by atoms with E-state index in [1.165, 1.54) is 5.69 Å². The van der Waals surface area contributed by atoms with E-state index < -0.39 is 0 Å². The Kier molecular flexibility index (Phi) is 5.07. The lowest BCUT2D eigenvalue weighted by atomic mass is 10.2. The van der Waals surface area contributed by atoms with Gasteiger partial charge in [-0.05, 0) is 22.9 Å². The summed E-state index contributed by atoms with van der Waals surface area (Å²) in [6, 6.07) is 14.6. The Bertz CT molecular complexity index is 363. The summed E-state index contributed by atoms with van der Waals surface area (Å²) in [5.41, 5.74) is 1.35. The molecular weight excluding hydrogens is 228 g/mol. The molecule has 0 amide bonds. The molecule has 2 heterocycles. The van der Waals surface area contributed by atoms with Crippen molar-refractivity contribution in [3.8, 4) is 0 Å². The van der Waals surface area contributed by atoms with Gasteiger partial charge in [-0.2, -0.15) is 11.3 Å². The molecule has 1 fully saturated rings. The van der Waals surface area contributed by atoms with Crippen molar-refractivity contribution in [3.63, 3.8) is 0 Å². The first kappa shape index (κ1) is 12.1. The van der Waals surface area contributed by atoms with Gasteiger partial charge in [0.05, 0.1) is 0 Å². The molecule has 0 saturated carbocycles. The van der Waals surface area contributed by atoms with Crippen LogP contribution >= 0.6 is 11.3 Å². The fraction of sp³-hybridized carbons (Fsp3) is 0.286. The second kappa shape index (κ2) is 7.09. The van der Waals surface area contributed by atoms with Gasteiger partial charge < -0.3 is 10.2 Å². The van der Waals surface area contributed by atoms with Crippen molar-refractivity contribution in [3.05, 3.63) is 53.2 Å². The Morgan fingerprint density at radius 1 is 0.882 bits per heavy atom. The Hall–Kier alpha value is -1.32. The minimum absolute atomic E-state index is 1.11. The van der Waals surface area contributed by atoms with E-state index in [9.17, 15) is 0 Å². The molecule has 0 radical (unpaired) electrons. The van der Waals surface area contributed by atoms with E-state index in [1.54, 1.807) is 11.3 Å². The van der Waals surface area contributed by atoms with Crippen LogP contribution in [0.4, 0.5) is 5.69 Å². The number of para-hydroxylation sites is 1. The standard InChI is InChI=1S/C10H14N2.C4H4S/c1-2-4-10(5-3-1)12-8-6-11-7-9-12;1-2-4-5-3-1/h1-5,11H,6-9H2;1-4H. The van der Waals surface area contributed by atoms with Crippen LogP contribution in [0.15, 0.2) is 53.2 Å². The number of anilines is 1. The molecule has 0 spiro atoms. The molecule has 0 bridgehead atoms. The second-order valence-corrected chi connectivity index (χ2v) is 4.68. The number of hydrogen-bond acceptors (Lipinski definition) is 3. The van der Waals surface area contributed by atoms with Crippen molar-refractivity contribution in [1.82, 2.24) is 5.32 Å². The van der Waals surface area contributed by atoms with Crippen molar-refractivity contribution in [2.45, 2.75) is 0 Å². The summed E-state index contributed by atoms with van der Waals surface area (Å²) in [6.45, 7) is 4.47. The van der Waals surface area contributed by atoms with Crippen LogP contribution in [0.5, 0.6) is 0 Å². The van der Waals surface area contributed by atoms with Crippen LogP contribution in [0.25, 0.3) is 0 Å². The van der Waals surface area contributed by atoms with Gasteiger partial charge in [0.2, 0.25) is 0 Å². The van der Waals surface area contributed by atoms with E-state index in [4.69, 9.17) is 0 Å². The van der Waals surface area contributed by atoms with Crippen molar-refractivity contribution in [2.75, 3.05) is 31.1 Å². The topological polar surface area (TPSA) is 15.3 Å². The zero-order valence-corrected chi connectivity index (χ0v) is 10.7. The molecule has 1 aromatic carbocycles. The molecule has 0 unspecified atom stereocenters. The van der Waals surface area contributed by atoms with Crippen molar-refractivity contribution in [1.29, 1.82) is 0 Å². The van der Waals surface area contributed by atoms with Gasteiger partial charge in [0.1, 0.15) is 0 Å². The molecule has 3 heteroatoms. The molecule has 1 saturated heterocycles. The van der Waals surface area contributed by atoms with E-state index in [0.717, 1.165) is 26.2 Å². The third-order valence-corrected chi connectivity index (χ3v) is 3.29. The Morgan fingerprint density at radius 2 is 1.53 bits per heavy atom. The zero-order chi connectivity index (χ0) is 11.8. The Labute approximate surface area is 107 Å². The first-order valence-electron chi connectivity index (χ1n) is 5.95. The van der Waals surface area contributed by atoms with Gasteiger partial charge in [-0.1, -0.05) is 30.3 Å². The van der Waals surface area contributed by atoms with Crippen LogP contribution in [0.3, 0.4) is 0 Å². The van der Waals surface area contributed by atoms with Crippen molar-refractivity contribution >= 4 is 17.0 Å². The van der Waals surface area contributed by atoms with E-state index >= 15 is 0 Å². The predicted molar refractivity (Wildman–Crippen MR) is 75.8 cm³/mol. The molecule has 0 atom stereocenters. The number of nitrogens with one attached hydrogen (secondary N) is 1. The molecule has 17 heavy (non-hydrogen) atoms. The molecule has 3 rings (SSSR count). The first-order valence-corrected chi connectivity index (χ1v) is 6.89. The van der Waals surface area contributed by atoms with Gasteiger partial charge in [0.15, 0.2) is 0 Å². The number of benzene rings is 1. The summed E-state index contributed by atoms with van der Waals surface area (Å²) in [5.74, 6) is 0. The highest BCUT2D eigenvalue weighted by Gasteiger charge is 2.08. The van der Waals surface area contributed by atoms with Crippen molar-refractivity contribution in [2.24, 2.45) is 0 Å².